The average Bonchev–Trinajstić information content (AvgIpc) is 2.96. The third kappa shape index (κ3) is 2.36. The van der Waals surface area contributed by atoms with Gasteiger partial charge in [-0.2, -0.15) is 0 Å². The highest BCUT2D eigenvalue weighted by Crippen LogP contribution is 2.47. The molecule has 2 fully saturated rings. The summed E-state index contributed by atoms with van der Waals surface area (Å²) in [6.45, 7) is 0. The second kappa shape index (κ2) is 4.81. The molecule has 1 aliphatic heterocycles. The van der Waals surface area contributed by atoms with E-state index in [1.807, 2.05) is 0 Å². The van der Waals surface area contributed by atoms with Crippen LogP contribution in [0.5, 0.6) is 0 Å². The van der Waals surface area contributed by atoms with Gasteiger partial charge in [-0.1, -0.05) is 12.8 Å². The number of benzene rings is 1. The summed E-state index contributed by atoms with van der Waals surface area (Å²) in [7, 11) is 1.44. The molecule has 1 aliphatic carbocycles. The lowest BCUT2D eigenvalue weighted by atomic mass is 9.84. The van der Waals surface area contributed by atoms with Gasteiger partial charge in [0.15, 0.2) is 0 Å². The Morgan fingerprint density at radius 1 is 1.05 bits per heavy atom. The molecule has 0 bridgehead atoms. The van der Waals surface area contributed by atoms with E-state index in [0.29, 0.717) is 5.69 Å². The van der Waals surface area contributed by atoms with Crippen molar-refractivity contribution >= 4 is 37.2 Å². The minimum Gasteiger partial charge on any atom is -0.274 e. The summed E-state index contributed by atoms with van der Waals surface area (Å²) in [5.41, 5.74) is -0.133. The van der Waals surface area contributed by atoms with Gasteiger partial charge in [-0.15, -0.1) is 0 Å². The largest absolute Gasteiger partial charge is 0.274 e. The molecule has 21 heavy (non-hydrogen) atoms. The number of hydrogen-bond donors (Lipinski definition) is 0. The van der Waals surface area contributed by atoms with Crippen LogP contribution in [-0.2, 0) is 18.6 Å². The maximum Gasteiger partial charge on any atom is 0.261 e. The molecule has 1 saturated carbocycles. The van der Waals surface area contributed by atoms with Crippen molar-refractivity contribution in [2.45, 2.75) is 37.0 Å². The van der Waals surface area contributed by atoms with Crippen LogP contribution in [0.4, 0.5) is 5.69 Å². The van der Waals surface area contributed by atoms with E-state index in [-0.39, 0.29) is 23.1 Å². The Kier molecular flexibility index (Phi) is 3.33. The lowest BCUT2D eigenvalue weighted by molar-refractivity contribution is -0.125. The number of carbonyl (C=O) groups excluding carboxylic acids is 2. The second-order valence-corrected chi connectivity index (χ2v) is 8.20. The van der Waals surface area contributed by atoms with E-state index in [0.717, 1.165) is 25.7 Å². The van der Waals surface area contributed by atoms with Gasteiger partial charge >= 0.3 is 0 Å². The molecule has 0 radical (unpaired) electrons. The predicted molar refractivity (Wildman–Crippen MR) is 77.5 cm³/mol. The highest BCUT2D eigenvalue weighted by Gasteiger charge is 2.53. The lowest BCUT2D eigenvalue weighted by Gasteiger charge is -2.20. The van der Waals surface area contributed by atoms with Crippen molar-refractivity contribution in [1.82, 2.24) is 0 Å². The normalized spacial score (nSPS) is 21.5. The number of amides is 2. The first-order valence-electron chi connectivity index (χ1n) is 6.76. The van der Waals surface area contributed by atoms with E-state index in [1.54, 1.807) is 0 Å². The van der Waals surface area contributed by atoms with Crippen molar-refractivity contribution in [3.8, 4) is 0 Å². The number of anilines is 1. The summed E-state index contributed by atoms with van der Waals surface area (Å²) < 4.78 is 22.4. The van der Waals surface area contributed by atoms with Gasteiger partial charge in [0.05, 0.1) is 16.0 Å². The van der Waals surface area contributed by atoms with Crippen LogP contribution in [0.15, 0.2) is 29.2 Å². The molecule has 2 amide bonds. The molecule has 1 spiro atoms. The van der Waals surface area contributed by atoms with Crippen molar-refractivity contribution in [1.29, 1.82) is 0 Å². The molecule has 0 unspecified atom stereocenters. The minimum absolute atomic E-state index is 0.0532. The lowest BCUT2D eigenvalue weighted by Crippen LogP contribution is -2.34. The highest BCUT2D eigenvalue weighted by atomic mass is 35.7. The molecule has 112 valence electrons. The van der Waals surface area contributed by atoms with Crippen LogP contribution in [0, 0.1) is 5.41 Å². The summed E-state index contributed by atoms with van der Waals surface area (Å²) >= 11 is 0. The number of rotatable bonds is 2. The summed E-state index contributed by atoms with van der Waals surface area (Å²) in [6.07, 6.45) is 3.69. The minimum atomic E-state index is -3.81. The van der Waals surface area contributed by atoms with Crippen molar-refractivity contribution in [2.75, 3.05) is 4.90 Å². The van der Waals surface area contributed by atoms with Gasteiger partial charge in [-0.3, -0.25) is 14.5 Å². The van der Waals surface area contributed by atoms with Crippen LogP contribution in [0.3, 0.4) is 0 Å². The Hall–Kier alpha value is -1.40. The molecule has 0 aromatic heterocycles. The van der Waals surface area contributed by atoms with Crippen LogP contribution >= 0.6 is 10.7 Å². The molecule has 2 aliphatic rings. The zero-order chi connectivity index (χ0) is 15.3. The van der Waals surface area contributed by atoms with Gasteiger partial charge in [0.2, 0.25) is 11.8 Å². The summed E-state index contributed by atoms with van der Waals surface area (Å²) in [6, 6.07) is 5.49. The number of hydrogen-bond acceptors (Lipinski definition) is 4. The fourth-order valence-electron chi connectivity index (χ4n) is 3.26. The fraction of sp³-hybridized carbons (Fsp3) is 0.429. The molecule has 1 aromatic carbocycles. The van der Waals surface area contributed by atoms with Crippen LogP contribution in [0.1, 0.15) is 32.1 Å². The maximum absolute atomic E-state index is 12.6. The fourth-order valence-corrected chi connectivity index (χ4v) is 4.03. The van der Waals surface area contributed by atoms with Gasteiger partial charge < -0.3 is 0 Å². The molecule has 7 heteroatoms. The Labute approximate surface area is 127 Å². The number of nitrogens with zero attached hydrogens (tertiary/aromatic N) is 1. The molecular weight excluding hydrogens is 314 g/mol. The van der Waals surface area contributed by atoms with Crippen molar-refractivity contribution in [3.63, 3.8) is 0 Å². The first-order chi connectivity index (χ1) is 9.83. The molecule has 1 saturated heterocycles. The number of halogens is 1. The maximum atomic E-state index is 12.6. The standard InChI is InChI=1S/C14H14ClNO4S/c15-21(19,20)11-5-3-10(4-6-11)16-12(17)9-14(13(16)18)7-1-2-8-14/h3-6H,1-2,7-9H2. The molecule has 0 N–H and O–H groups in total. The van der Waals surface area contributed by atoms with Gasteiger partial charge in [0.1, 0.15) is 0 Å². The SMILES string of the molecule is O=C1CC2(CCCC2)C(=O)N1c1ccc(S(=O)(=O)Cl)cc1. The van der Waals surface area contributed by atoms with Crippen LogP contribution in [-0.4, -0.2) is 20.2 Å². The first kappa shape index (κ1) is 14.5. The van der Waals surface area contributed by atoms with E-state index in [4.69, 9.17) is 10.7 Å². The quantitative estimate of drug-likeness (QED) is 0.618. The van der Waals surface area contributed by atoms with E-state index in [2.05, 4.69) is 0 Å². The zero-order valence-electron chi connectivity index (χ0n) is 11.2. The molecular formula is C14H14ClNO4S. The van der Waals surface area contributed by atoms with Gasteiger partial charge in [-0.05, 0) is 37.1 Å². The van der Waals surface area contributed by atoms with E-state index in [9.17, 15) is 18.0 Å². The molecule has 5 nitrogen and oxygen atoms in total. The topological polar surface area (TPSA) is 71.5 Å². The summed E-state index contributed by atoms with van der Waals surface area (Å²) in [5.74, 6) is -0.380. The Morgan fingerprint density at radius 3 is 2.14 bits per heavy atom. The second-order valence-electron chi connectivity index (χ2n) is 5.63. The average molecular weight is 328 g/mol. The van der Waals surface area contributed by atoms with Crippen molar-refractivity contribution in [3.05, 3.63) is 24.3 Å². The molecule has 3 rings (SSSR count). The van der Waals surface area contributed by atoms with Gasteiger partial charge in [-0.25, -0.2) is 8.42 Å². The van der Waals surface area contributed by atoms with Crippen LogP contribution < -0.4 is 4.90 Å². The Balaban J connectivity index is 1.94. The third-order valence-electron chi connectivity index (χ3n) is 4.33. The summed E-state index contributed by atoms with van der Waals surface area (Å²) in [4.78, 5) is 25.9. The monoisotopic (exact) mass is 327 g/mol. The molecule has 0 atom stereocenters. The van der Waals surface area contributed by atoms with E-state index >= 15 is 0 Å². The Morgan fingerprint density at radius 2 is 1.62 bits per heavy atom. The summed E-state index contributed by atoms with van der Waals surface area (Å²) in [5, 5.41) is 0. The zero-order valence-corrected chi connectivity index (χ0v) is 12.8. The molecule has 1 aromatic rings. The molecule has 1 heterocycles. The Bertz CT molecular complexity index is 705. The van der Waals surface area contributed by atoms with Crippen molar-refractivity contribution in [2.24, 2.45) is 5.41 Å². The van der Waals surface area contributed by atoms with E-state index < -0.39 is 14.5 Å². The van der Waals surface area contributed by atoms with Gasteiger partial charge in [0.25, 0.3) is 9.05 Å². The smallest absolute Gasteiger partial charge is 0.261 e. The number of carbonyl (C=O) groups is 2. The third-order valence-corrected chi connectivity index (χ3v) is 5.70. The number of imide groups is 1. The van der Waals surface area contributed by atoms with Gasteiger partial charge in [0, 0.05) is 17.1 Å². The van der Waals surface area contributed by atoms with E-state index in [1.165, 1.54) is 29.2 Å². The first-order valence-corrected chi connectivity index (χ1v) is 9.07. The predicted octanol–water partition coefficient (Wildman–Crippen LogP) is 2.44. The highest BCUT2D eigenvalue weighted by molar-refractivity contribution is 8.13. The van der Waals surface area contributed by atoms with Crippen LogP contribution in [0.25, 0.3) is 0 Å². The van der Waals surface area contributed by atoms with Crippen LogP contribution in [0.2, 0.25) is 0 Å². The van der Waals surface area contributed by atoms with Crippen molar-refractivity contribution < 1.29 is 18.0 Å².